The Labute approximate surface area is 202 Å². The van der Waals surface area contributed by atoms with Crippen LogP contribution in [-0.2, 0) is 21.7 Å². The van der Waals surface area contributed by atoms with Crippen LogP contribution >= 0.6 is 23.1 Å². The first-order valence-corrected chi connectivity index (χ1v) is 12.0. The van der Waals surface area contributed by atoms with E-state index in [1.807, 2.05) is 0 Å². The average molecular weight is 500 g/mol. The zero-order valence-electron chi connectivity index (χ0n) is 18.4. The molecule has 4 rings (SSSR count). The third-order valence-corrected chi connectivity index (χ3v) is 7.12. The van der Waals surface area contributed by atoms with E-state index in [9.17, 15) is 19.2 Å². The van der Waals surface area contributed by atoms with E-state index in [1.165, 1.54) is 23.0 Å². The molecular formula is C22H21N5O5S2. The molecule has 10 nitrogen and oxygen atoms in total. The van der Waals surface area contributed by atoms with Crippen molar-refractivity contribution in [3.05, 3.63) is 64.3 Å². The second-order valence-electron chi connectivity index (χ2n) is 7.49. The number of rotatable bonds is 8. The molecule has 1 aromatic carbocycles. The number of hydrogen-bond acceptors (Lipinski definition) is 8. The number of aromatic nitrogens is 2. The second kappa shape index (κ2) is 9.31. The topological polar surface area (TPSA) is 123 Å². The largest absolute Gasteiger partial charge is 0.497 e. The lowest BCUT2D eigenvalue weighted by Gasteiger charge is -2.22. The summed E-state index contributed by atoms with van der Waals surface area (Å²) in [6, 6.07) is 7.73. The number of hydrogen-bond donors (Lipinski definition) is 2. The fraction of sp³-hybridized carbons (Fsp3) is 0.227. The quantitative estimate of drug-likeness (QED) is 0.211. The number of nitrogens with one attached hydrogen (secondary N) is 2. The summed E-state index contributed by atoms with van der Waals surface area (Å²) in [7, 11) is 1.50. The van der Waals surface area contributed by atoms with Gasteiger partial charge in [-0.2, -0.15) is 5.01 Å². The highest BCUT2D eigenvalue weighted by molar-refractivity contribution is 7.99. The highest BCUT2D eigenvalue weighted by Crippen LogP contribution is 2.30. The summed E-state index contributed by atoms with van der Waals surface area (Å²) in [5, 5.41) is 5.39. The first kappa shape index (κ1) is 23.5. The molecule has 0 saturated carbocycles. The van der Waals surface area contributed by atoms with Crippen LogP contribution in [0.1, 0.15) is 12.5 Å². The predicted octanol–water partition coefficient (Wildman–Crippen LogP) is 2.24. The van der Waals surface area contributed by atoms with Crippen LogP contribution in [0.25, 0.3) is 10.2 Å². The van der Waals surface area contributed by atoms with E-state index in [1.54, 1.807) is 48.7 Å². The van der Waals surface area contributed by atoms with Gasteiger partial charge in [0.05, 0.1) is 18.4 Å². The van der Waals surface area contributed by atoms with Crippen LogP contribution in [0.4, 0.5) is 4.79 Å². The van der Waals surface area contributed by atoms with Crippen molar-refractivity contribution in [1.82, 2.24) is 25.3 Å². The number of allylic oxidation sites excluding steroid dienone is 1. The number of thioether (sulfide) groups is 1. The smallest absolute Gasteiger partial charge is 0.344 e. The van der Waals surface area contributed by atoms with Crippen molar-refractivity contribution in [1.29, 1.82) is 0 Å². The minimum atomic E-state index is -1.37. The summed E-state index contributed by atoms with van der Waals surface area (Å²) >= 11 is 2.32. The molecule has 1 fully saturated rings. The Morgan fingerprint density at radius 2 is 2.15 bits per heavy atom. The van der Waals surface area contributed by atoms with E-state index in [0.29, 0.717) is 31.7 Å². The van der Waals surface area contributed by atoms with Gasteiger partial charge in [0, 0.05) is 6.54 Å². The SMILES string of the molecule is C=CCn1c(SCC(=O)NN2C(=O)N[C@@](C)(c3cccc(OC)c3)C2=O)nc2ccsc2c1=O. The van der Waals surface area contributed by atoms with Gasteiger partial charge in [0.2, 0.25) is 5.91 Å². The Bertz CT molecular complexity index is 1370. The summed E-state index contributed by atoms with van der Waals surface area (Å²) in [6.45, 7) is 5.45. The van der Waals surface area contributed by atoms with Crippen LogP contribution in [0.15, 0.2) is 58.3 Å². The summed E-state index contributed by atoms with van der Waals surface area (Å²) < 4.78 is 7.15. The molecule has 2 N–H and O–H groups in total. The van der Waals surface area contributed by atoms with Gasteiger partial charge in [-0.15, -0.1) is 17.9 Å². The van der Waals surface area contributed by atoms with Crippen molar-refractivity contribution < 1.29 is 19.1 Å². The Balaban J connectivity index is 1.49. The standard InChI is InChI=1S/C22H21N5O5S2/c1-4-9-26-18(29)17-15(8-10-33-17)23-21(26)34-12-16(28)25-27-19(30)22(2,24-20(27)31)13-6-5-7-14(11-13)32-3/h4-8,10-11H,1,9,12H2,2-3H3,(H,24,31)(H,25,28)/t22-/m0/s1. The van der Waals surface area contributed by atoms with Gasteiger partial charge < -0.3 is 10.1 Å². The van der Waals surface area contributed by atoms with Gasteiger partial charge in [0.1, 0.15) is 16.0 Å². The van der Waals surface area contributed by atoms with Crippen molar-refractivity contribution in [2.45, 2.75) is 24.2 Å². The molecule has 12 heteroatoms. The number of thiophene rings is 1. The summed E-state index contributed by atoms with van der Waals surface area (Å²) in [5.41, 5.74) is 1.81. The highest BCUT2D eigenvalue weighted by atomic mass is 32.2. The average Bonchev–Trinajstić information content (AvgIpc) is 3.39. The number of benzene rings is 1. The number of carbonyl (C=O) groups excluding carboxylic acids is 3. The normalized spacial score (nSPS) is 17.6. The van der Waals surface area contributed by atoms with E-state index in [-0.39, 0.29) is 17.9 Å². The minimum absolute atomic E-state index is 0.174. The lowest BCUT2D eigenvalue weighted by Crippen LogP contribution is -2.48. The lowest BCUT2D eigenvalue weighted by molar-refractivity contribution is -0.138. The number of carbonyl (C=O) groups is 3. The molecule has 0 spiro atoms. The Hall–Kier alpha value is -3.64. The molecule has 0 bridgehead atoms. The fourth-order valence-electron chi connectivity index (χ4n) is 3.48. The maximum atomic E-state index is 13.1. The van der Waals surface area contributed by atoms with Crippen LogP contribution in [0.3, 0.4) is 0 Å². The molecule has 3 heterocycles. The number of methoxy groups -OCH3 is 1. The van der Waals surface area contributed by atoms with Crippen molar-refractivity contribution >= 4 is 51.2 Å². The van der Waals surface area contributed by atoms with Crippen molar-refractivity contribution in [2.24, 2.45) is 0 Å². The third-order valence-electron chi connectivity index (χ3n) is 5.25. The van der Waals surface area contributed by atoms with Crippen molar-refractivity contribution in [3.8, 4) is 5.75 Å². The highest BCUT2D eigenvalue weighted by Gasteiger charge is 2.50. The molecule has 1 saturated heterocycles. The predicted molar refractivity (Wildman–Crippen MR) is 129 cm³/mol. The molecule has 176 valence electrons. The summed E-state index contributed by atoms with van der Waals surface area (Å²) in [6.07, 6.45) is 1.57. The Morgan fingerprint density at radius 3 is 2.88 bits per heavy atom. The number of hydrazine groups is 1. The molecule has 0 unspecified atom stereocenters. The molecule has 3 aromatic rings. The zero-order chi connectivity index (χ0) is 24.5. The molecule has 4 amide bonds. The van der Waals surface area contributed by atoms with Gasteiger partial charge in [-0.1, -0.05) is 30.0 Å². The molecule has 0 radical (unpaired) electrons. The van der Waals surface area contributed by atoms with E-state index >= 15 is 0 Å². The summed E-state index contributed by atoms with van der Waals surface area (Å²) in [4.78, 5) is 55.4. The monoisotopic (exact) mass is 499 g/mol. The molecular weight excluding hydrogens is 478 g/mol. The minimum Gasteiger partial charge on any atom is -0.497 e. The van der Waals surface area contributed by atoms with Gasteiger partial charge in [-0.3, -0.25) is 24.4 Å². The molecule has 2 aromatic heterocycles. The molecule has 1 aliphatic rings. The Morgan fingerprint density at radius 1 is 1.35 bits per heavy atom. The van der Waals surface area contributed by atoms with Crippen LogP contribution in [-0.4, -0.2) is 45.3 Å². The van der Waals surface area contributed by atoms with Crippen molar-refractivity contribution in [2.75, 3.05) is 12.9 Å². The molecule has 1 atom stereocenters. The van der Waals surface area contributed by atoms with Crippen LogP contribution in [0, 0.1) is 0 Å². The summed E-state index contributed by atoms with van der Waals surface area (Å²) in [5.74, 6) is -0.884. The molecule has 34 heavy (non-hydrogen) atoms. The number of amides is 4. The van der Waals surface area contributed by atoms with Crippen LogP contribution in [0.5, 0.6) is 5.75 Å². The maximum absolute atomic E-state index is 13.1. The van der Waals surface area contributed by atoms with Crippen molar-refractivity contribution in [3.63, 3.8) is 0 Å². The number of imide groups is 1. The number of ether oxygens (including phenoxy) is 1. The van der Waals surface area contributed by atoms with Gasteiger partial charge in [0.15, 0.2) is 5.16 Å². The number of fused-ring (bicyclic) bond motifs is 1. The molecule has 0 aliphatic carbocycles. The van der Waals surface area contributed by atoms with Gasteiger partial charge >= 0.3 is 6.03 Å². The first-order chi connectivity index (χ1) is 16.3. The Kier molecular flexibility index (Phi) is 6.44. The molecule has 1 aliphatic heterocycles. The lowest BCUT2D eigenvalue weighted by atomic mass is 9.92. The van der Waals surface area contributed by atoms with E-state index in [2.05, 4.69) is 22.3 Å². The third kappa shape index (κ3) is 4.17. The number of nitrogens with zero attached hydrogens (tertiary/aromatic N) is 3. The van der Waals surface area contributed by atoms with E-state index < -0.39 is 23.4 Å². The van der Waals surface area contributed by atoms with E-state index in [0.717, 1.165) is 11.8 Å². The van der Waals surface area contributed by atoms with Crippen LogP contribution < -0.4 is 21.0 Å². The maximum Gasteiger partial charge on any atom is 0.344 e. The zero-order valence-corrected chi connectivity index (χ0v) is 20.0. The second-order valence-corrected chi connectivity index (χ2v) is 9.34. The van der Waals surface area contributed by atoms with Gasteiger partial charge in [-0.25, -0.2) is 9.78 Å². The van der Waals surface area contributed by atoms with Gasteiger partial charge in [0.25, 0.3) is 11.5 Å². The number of urea groups is 1. The fourth-order valence-corrected chi connectivity index (χ4v) is 5.06. The van der Waals surface area contributed by atoms with E-state index in [4.69, 9.17) is 4.74 Å². The first-order valence-electron chi connectivity index (χ1n) is 10.1. The van der Waals surface area contributed by atoms with Gasteiger partial charge in [-0.05, 0) is 36.1 Å². The van der Waals surface area contributed by atoms with Crippen LogP contribution in [0.2, 0.25) is 0 Å².